The molecule has 0 atom stereocenters. The highest BCUT2D eigenvalue weighted by Gasteiger charge is 2.08. The number of pyridine rings is 1. The van der Waals surface area contributed by atoms with E-state index in [4.69, 9.17) is 16.3 Å². The summed E-state index contributed by atoms with van der Waals surface area (Å²) in [7, 11) is 0. The molecular formula is C13H11BrClNO. The molecule has 88 valence electrons. The number of ether oxygens (including phenoxy) is 1. The highest BCUT2D eigenvalue weighted by molar-refractivity contribution is 9.10. The van der Waals surface area contributed by atoms with E-state index in [9.17, 15) is 0 Å². The summed E-state index contributed by atoms with van der Waals surface area (Å²) < 4.78 is 6.63. The first-order valence-corrected chi connectivity index (χ1v) is 6.30. The van der Waals surface area contributed by atoms with Crippen LogP contribution in [0, 0.1) is 13.8 Å². The van der Waals surface area contributed by atoms with E-state index < -0.39 is 0 Å². The van der Waals surface area contributed by atoms with Gasteiger partial charge in [-0.05, 0) is 65.2 Å². The second-order valence-corrected chi connectivity index (χ2v) is 4.99. The Morgan fingerprint density at radius 2 is 1.94 bits per heavy atom. The van der Waals surface area contributed by atoms with Crippen LogP contribution >= 0.6 is 27.5 Å². The van der Waals surface area contributed by atoms with Crippen LogP contribution in [0.5, 0.6) is 11.6 Å². The fourth-order valence-corrected chi connectivity index (χ4v) is 1.96. The normalized spacial score (nSPS) is 10.4. The lowest BCUT2D eigenvalue weighted by Crippen LogP contribution is -1.92. The molecule has 0 aliphatic carbocycles. The summed E-state index contributed by atoms with van der Waals surface area (Å²) in [5.41, 5.74) is 2.06. The van der Waals surface area contributed by atoms with Gasteiger partial charge in [0.1, 0.15) is 5.75 Å². The fraction of sp³-hybridized carbons (Fsp3) is 0.154. The third-order valence-electron chi connectivity index (χ3n) is 2.39. The van der Waals surface area contributed by atoms with Gasteiger partial charge in [0.05, 0.1) is 4.47 Å². The van der Waals surface area contributed by atoms with Crippen molar-refractivity contribution in [3.05, 3.63) is 51.1 Å². The number of aryl methyl sites for hydroxylation is 2. The zero-order valence-electron chi connectivity index (χ0n) is 9.50. The summed E-state index contributed by atoms with van der Waals surface area (Å²) in [6, 6.07) is 7.42. The van der Waals surface area contributed by atoms with E-state index in [-0.39, 0.29) is 0 Å². The van der Waals surface area contributed by atoms with Crippen molar-refractivity contribution in [2.75, 3.05) is 0 Å². The van der Waals surface area contributed by atoms with Gasteiger partial charge in [-0.2, -0.15) is 0 Å². The van der Waals surface area contributed by atoms with Gasteiger partial charge in [0.15, 0.2) is 0 Å². The van der Waals surface area contributed by atoms with Crippen LogP contribution in [-0.4, -0.2) is 4.98 Å². The van der Waals surface area contributed by atoms with Crippen molar-refractivity contribution in [3.8, 4) is 11.6 Å². The summed E-state index contributed by atoms with van der Waals surface area (Å²) in [5, 5.41) is 0.700. The molecule has 17 heavy (non-hydrogen) atoms. The van der Waals surface area contributed by atoms with Crippen LogP contribution in [-0.2, 0) is 0 Å². The monoisotopic (exact) mass is 311 g/mol. The molecule has 2 rings (SSSR count). The number of aromatic nitrogens is 1. The van der Waals surface area contributed by atoms with E-state index in [2.05, 4.69) is 20.9 Å². The lowest BCUT2D eigenvalue weighted by Gasteiger charge is -2.10. The standard InChI is InChI=1S/C13H11BrClNO/c1-8-5-6-16-13(12(8)14)17-11-4-3-10(15)7-9(11)2/h3-7H,1-2H3. The zero-order chi connectivity index (χ0) is 12.4. The van der Waals surface area contributed by atoms with Gasteiger partial charge in [-0.1, -0.05) is 11.6 Å². The Balaban J connectivity index is 2.35. The summed E-state index contributed by atoms with van der Waals surface area (Å²) in [4.78, 5) is 4.20. The van der Waals surface area contributed by atoms with Gasteiger partial charge in [0, 0.05) is 11.2 Å². The van der Waals surface area contributed by atoms with Crippen LogP contribution in [0.1, 0.15) is 11.1 Å². The first kappa shape index (κ1) is 12.4. The Kier molecular flexibility index (Phi) is 3.69. The molecule has 2 nitrogen and oxygen atoms in total. The summed E-state index contributed by atoms with van der Waals surface area (Å²) in [6.07, 6.45) is 1.72. The Bertz CT molecular complexity index is 557. The van der Waals surface area contributed by atoms with Gasteiger partial charge in [-0.25, -0.2) is 4.98 Å². The minimum absolute atomic E-state index is 0.565. The molecular weight excluding hydrogens is 302 g/mol. The molecule has 0 aliphatic rings. The van der Waals surface area contributed by atoms with Crippen molar-refractivity contribution in [3.63, 3.8) is 0 Å². The zero-order valence-corrected chi connectivity index (χ0v) is 11.8. The Hall–Kier alpha value is -1.06. The number of hydrogen-bond donors (Lipinski definition) is 0. The Morgan fingerprint density at radius 3 is 2.65 bits per heavy atom. The molecule has 0 saturated heterocycles. The highest BCUT2D eigenvalue weighted by Crippen LogP contribution is 2.32. The smallest absolute Gasteiger partial charge is 0.233 e. The van der Waals surface area contributed by atoms with Crippen molar-refractivity contribution < 1.29 is 4.74 Å². The molecule has 0 spiro atoms. The molecule has 4 heteroatoms. The number of halogens is 2. The van der Waals surface area contributed by atoms with E-state index in [0.29, 0.717) is 10.9 Å². The van der Waals surface area contributed by atoms with Gasteiger partial charge >= 0.3 is 0 Å². The average Bonchev–Trinajstić information content (AvgIpc) is 2.28. The van der Waals surface area contributed by atoms with E-state index in [0.717, 1.165) is 21.3 Å². The van der Waals surface area contributed by atoms with Crippen LogP contribution in [0.15, 0.2) is 34.9 Å². The van der Waals surface area contributed by atoms with E-state index >= 15 is 0 Å². The molecule has 0 fully saturated rings. The Labute approximate surface area is 114 Å². The topological polar surface area (TPSA) is 22.1 Å². The third kappa shape index (κ3) is 2.79. The maximum Gasteiger partial charge on any atom is 0.233 e. The largest absolute Gasteiger partial charge is 0.438 e. The van der Waals surface area contributed by atoms with Crippen molar-refractivity contribution in [2.45, 2.75) is 13.8 Å². The lowest BCUT2D eigenvalue weighted by atomic mass is 10.2. The van der Waals surface area contributed by atoms with E-state index in [1.807, 2.05) is 32.0 Å². The number of benzene rings is 1. The van der Waals surface area contributed by atoms with E-state index in [1.54, 1.807) is 12.3 Å². The quantitative estimate of drug-likeness (QED) is 0.786. The van der Waals surface area contributed by atoms with Crippen LogP contribution in [0.4, 0.5) is 0 Å². The van der Waals surface area contributed by atoms with Crippen LogP contribution in [0.3, 0.4) is 0 Å². The molecule has 2 aromatic rings. The second-order valence-electron chi connectivity index (χ2n) is 3.76. The number of hydrogen-bond acceptors (Lipinski definition) is 2. The molecule has 1 aromatic heterocycles. The van der Waals surface area contributed by atoms with Gasteiger partial charge < -0.3 is 4.74 Å². The second kappa shape index (κ2) is 5.07. The van der Waals surface area contributed by atoms with E-state index in [1.165, 1.54) is 0 Å². The molecule has 0 radical (unpaired) electrons. The predicted octanol–water partition coefficient (Wildman–Crippen LogP) is 4.91. The molecule has 0 bridgehead atoms. The molecule has 1 aromatic carbocycles. The van der Waals surface area contributed by atoms with Gasteiger partial charge in [-0.15, -0.1) is 0 Å². The fourth-order valence-electron chi connectivity index (χ4n) is 1.42. The van der Waals surface area contributed by atoms with Gasteiger partial charge in [-0.3, -0.25) is 0 Å². The molecule has 0 amide bonds. The van der Waals surface area contributed by atoms with Gasteiger partial charge in [0.2, 0.25) is 5.88 Å². The van der Waals surface area contributed by atoms with Crippen LogP contribution in [0.2, 0.25) is 5.02 Å². The third-order valence-corrected chi connectivity index (χ3v) is 3.59. The highest BCUT2D eigenvalue weighted by atomic mass is 79.9. The minimum atomic E-state index is 0.565. The Morgan fingerprint density at radius 1 is 1.18 bits per heavy atom. The summed E-state index contributed by atoms with van der Waals surface area (Å²) >= 11 is 9.36. The molecule has 0 saturated carbocycles. The minimum Gasteiger partial charge on any atom is -0.438 e. The maximum atomic E-state index is 5.90. The molecule has 0 N–H and O–H groups in total. The van der Waals surface area contributed by atoms with Crippen molar-refractivity contribution >= 4 is 27.5 Å². The average molecular weight is 313 g/mol. The van der Waals surface area contributed by atoms with Crippen molar-refractivity contribution in [2.24, 2.45) is 0 Å². The molecule has 1 heterocycles. The van der Waals surface area contributed by atoms with Crippen LogP contribution in [0.25, 0.3) is 0 Å². The SMILES string of the molecule is Cc1cc(Cl)ccc1Oc1nccc(C)c1Br. The predicted molar refractivity (Wildman–Crippen MR) is 72.9 cm³/mol. The lowest BCUT2D eigenvalue weighted by molar-refractivity contribution is 0.455. The molecule has 0 unspecified atom stereocenters. The van der Waals surface area contributed by atoms with Gasteiger partial charge in [0.25, 0.3) is 0 Å². The number of rotatable bonds is 2. The summed E-state index contributed by atoms with van der Waals surface area (Å²) in [6.45, 7) is 3.94. The number of nitrogens with zero attached hydrogens (tertiary/aromatic N) is 1. The van der Waals surface area contributed by atoms with Crippen molar-refractivity contribution in [1.82, 2.24) is 4.98 Å². The maximum absolute atomic E-state index is 5.90. The van der Waals surface area contributed by atoms with Crippen LogP contribution < -0.4 is 4.74 Å². The first-order chi connectivity index (χ1) is 8.08. The van der Waals surface area contributed by atoms with Crippen molar-refractivity contribution in [1.29, 1.82) is 0 Å². The summed E-state index contributed by atoms with van der Waals surface area (Å²) in [5.74, 6) is 1.32. The molecule has 0 aliphatic heterocycles. The first-order valence-electron chi connectivity index (χ1n) is 5.13.